The molecule has 0 saturated heterocycles. The van der Waals surface area contributed by atoms with Crippen molar-refractivity contribution in [2.24, 2.45) is 0 Å². The van der Waals surface area contributed by atoms with E-state index in [1.54, 1.807) is 12.1 Å². The lowest BCUT2D eigenvalue weighted by Crippen LogP contribution is -2.09. The molecule has 0 amide bonds. The molecule has 0 radical (unpaired) electrons. The van der Waals surface area contributed by atoms with Crippen LogP contribution in [0.15, 0.2) is 48.5 Å². The number of hydrogen-bond acceptors (Lipinski definition) is 6. The predicted octanol–water partition coefficient (Wildman–Crippen LogP) is 2.92. The average molecular weight is 297 g/mol. The maximum Gasteiger partial charge on any atom is 0.513 e. The van der Waals surface area contributed by atoms with E-state index in [1.165, 1.54) is 43.5 Å². The Balaban J connectivity index is 2.03. The zero-order chi connectivity index (χ0) is 15.9. The molecular formula is C16H11NO5. The fourth-order valence-corrected chi connectivity index (χ4v) is 1.56. The first-order valence-electron chi connectivity index (χ1n) is 6.20. The van der Waals surface area contributed by atoms with Gasteiger partial charge in [0, 0.05) is 0 Å². The number of methoxy groups -OCH3 is 1. The molecule has 0 atom stereocenters. The fraction of sp³-hybridized carbons (Fsp3) is 0.0625. The fourth-order valence-electron chi connectivity index (χ4n) is 1.56. The molecule has 0 spiro atoms. The molecular weight excluding hydrogens is 286 g/mol. The van der Waals surface area contributed by atoms with Gasteiger partial charge in [0.2, 0.25) is 0 Å². The molecule has 0 unspecified atom stereocenters. The summed E-state index contributed by atoms with van der Waals surface area (Å²) in [4.78, 5) is 22.9. The van der Waals surface area contributed by atoms with Crippen LogP contribution < -0.4 is 9.47 Å². The van der Waals surface area contributed by atoms with Crippen LogP contribution >= 0.6 is 0 Å². The summed E-state index contributed by atoms with van der Waals surface area (Å²) in [5, 5.41) is 8.69. The number of ether oxygens (including phenoxy) is 3. The summed E-state index contributed by atoms with van der Waals surface area (Å²) in [5.41, 5.74) is 0.769. The van der Waals surface area contributed by atoms with Crippen molar-refractivity contribution in [3.8, 4) is 17.6 Å². The van der Waals surface area contributed by atoms with E-state index >= 15 is 0 Å². The highest BCUT2D eigenvalue weighted by molar-refractivity contribution is 5.91. The van der Waals surface area contributed by atoms with Crippen molar-refractivity contribution in [1.29, 1.82) is 5.26 Å². The molecule has 2 rings (SSSR count). The molecule has 6 heteroatoms. The molecule has 0 aliphatic heterocycles. The van der Waals surface area contributed by atoms with E-state index in [9.17, 15) is 9.59 Å². The quantitative estimate of drug-likeness (QED) is 0.492. The van der Waals surface area contributed by atoms with Gasteiger partial charge in [-0.2, -0.15) is 5.26 Å². The molecule has 6 nitrogen and oxygen atoms in total. The smallest absolute Gasteiger partial charge is 0.437 e. The Morgan fingerprint density at radius 3 is 2.00 bits per heavy atom. The Bertz CT molecular complexity index is 714. The van der Waals surface area contributed by atoms with Gasteiger partial charge < -0.3 is 14.2 Å². The van der Waals surface area contributed by atoms with Gasteiger partial charge in [-0.3, -0.25) is 0 Å². The minimum Gasteiger partial charge on any atom is -0.437 e. The molecule has 0 saturated carbocycles. The molecule has 22 heavy (non-hydrogen) atoms. The van der Waals surface area contributed by atoms with Gasteiger partial charge in [-0.15, -0.1) is 0 Å². The molecule has 0 aromatic heterocycles. The number of carbonyl (C=O) groups excluding carboxylic acids is 2. The normalized spacial score (nSPS) is 9.45. The van der Waals surface area contributed by atoms with Gasteiger partial charge >= 0.3 is 12.1 Å². The van der Waals surface area contributed by atoms with Gasteiger partial charge in [0.25, 0.3) is 0 Å². The summed E-state index contributed by atoms with van der Waals surface area (Å²) in [6.45, 7) is 0. The molecule has 2 aromatic rings. The van der Waals surface area contributed by atoms with Crippen LogP contribution in [0, 0.1) is 11.3 Å². The van der Waals surface area contributed by atoms with E-state index < -0.39 is 12.1 Å². The first kappa shape index (κ1) is 15.1. The van der Waals surface area contributed by atoms with E-state index in [0.29, 0.717) is 16.9 Å². The second-order valence-electron chi connectivity index (χ2n) is 4.11. The second-order valence-corrected chi connectivity index (χ2v) is 4.11. The van der Waals surface area contributed by atoms with Crippen molar-refractivity contribution in [1.82, 2.24) is 0 Å². The average Bonchev–Trinajstić information content (AvgIpc) is 2.56. The van der Waals surface area contributed by atoms with Crippen LogP contribution in [0.2, 0.25) is 0 Å². The summed E-state index contributed by atoms with van der Waals surface area (Å²) in [5.74, 6) is 0.0231. The van der Waals surface area contributed by atoms with E-state index in [-0.39, 0.29) is 5.75 Å². The SMILES string of the molecule is COC(=O)Oc1ccc(C(=O)Oc2ccc(C#N)cc2)cc1. The zero-order valence-electron chi connectivity index (χ0n) is 11.6. The molecule has 0 fully saturated rings. The first-order valence-corrected chi connectivity index (χ1v) is 6.20. The summed E-state index contributed by atoms with van der Waals surface area (Å²) in [6.07, 6.45) is -0.840. The molecule has 0 N–H and O–H groups in total. The molecule has 0 bridgehead atoms. The topological polar surface area (TPSA) is 85.6 Å². The first-order chi connectivity index (χ1) is 10.6. The van der Waals surface area contributed by atoms with Crippen molar-refractivity contribution in [2.75, 3.05) is 7.11 Å². The van der Waals surface area contributed by atoms with Crippen LogP contribution in [0.25, 0.3) is 0 Å². The third kappa shape index (κ3) is 3.84. The highest BCUT2D eigenvalue weighted by atomic mass is 16.7. The largest absolute Gasteiger partial charge is 0.513 e. The highest BCUT2D eigenvalue weighted by Gasteiger charge is 2.10. The predicted molar refractivity (Wildman–Crippen MR) is 75.6 cm³/mol. The van der Waals surface area contributed by atoms with Crippen molar-refractivity contribution in [3.63, 3.8) is 0 Å². The molecule has 110 valence electrons. The van der Waals surface area contributed by atoms with Crippen LogP contribution in [0.4, 0.5) is 4.79 Å². The van der Waals surface area contributed by atoms with Crippen molar-refractivity contribution in [2.45, 2.75) is 0 Å². The molecule has 0 aliphatic rings. The molecule has 0 aliphatic carbocycles. The van der Waals surface area contributed by atoms with E-state index in [2.05, 4.69) is 4.74 Å². The van der Waals surface area contributed by atoms with Crippen LogP contribution in [0.1, 0.15) is 15.9 Å². The number of nitrogens with zero attached hydrogens (tertiary/aromatic N) is 1. The maximum atomic E-state index is 11.9. The van der Waals surface area contributed by atoms with Gasteiger partial charge in [-0.1, -0.05) is 0 Å². The van der Waals surface area contributed by atoms with Gasteiger partial charge in [-0.05, 0) is 48.5 Å². The molecule has 0 heterocycles. The summed E-state index contributed by atoms with van der Waals surface area (Å²) in [7, 11) is 1.20. The Hall–Kier alpha value is -3.33. The number of carbonyl (C=O) groups is 2. The van der Waals surface area contributed by atoms with Gasteiger partial charge in [0.05, 0.1) is 24.3 Å². The van der Waals surface area contributed by atoms with Crippen molar-refractivity contribution in [3.05, 3.63) is 59.7 Å². The number of rotatable bonds is 3. The Kier molecular flexibility index (Phi) is 4.73. The lowest BCUT2D eigenvalue weighted by Gasteiger charge is -2.05. The second kappa shape index (κ2) is 6.90. The van der Waals surface area contributed by atoms with E-state index in [4.69, 9.17) is 14.7 Å². The third-order valence-electron chi connectivity index (χ3n) is 2.65. The van der Waals surface area contributed by atoms with Crippen molar-refractivity contribution < 1.29 is 23.8 Å². The third-order valence-corrected chi connectivity index (χ3v) is 2.65. The summed E-state index contributed by atoms with van der Waals surface area (Å²) in [6, 6.07) is 14.0. The Labute approximate surface area is 126 Å². The van der Waals surface area contributed by atoms with Gasteiger partial charge in [-0.25, -0.2) is 9.59 Å². The standard InChI is InChI=1S/C16H11NO5/c1-20-16(19)22-14-8-4-12(5-9-14)15(18)21-13-6-2-11(10-17)3-7-13/h2-9H,1H3. The zero-order valence-corrected chi connectivity index (χ0v) is 11.6. The Morgan fingerprint density at radius 1 is 0.909 bits per heavy atom. The monoisotopic (exact) mass is 297 g/mol. The lowest BCUT2D eigenvalue weighted by atomic mass is 10.2. The lowest BCUT2D eigenvalue weighted by molar-refractivity contribution is 0.0734. The number of hydrogen-bond donors (Lipinski definition) is 0. The van der Waals surface area contributed by atoms with E-state index in [0.717, 1.165) is 0 Å². The van der Waals surface area contributed by atoms with Gasteiger partial charge in [0.15, 0.2) is 0 Å². The number of nitriles is 1. The summed E-state index contributed by atoms with van der Waals surface area (Å²) < 4.78 is 14.3. The van der Waals surface area contributed by atoms with Crippen LogP contribution in [0.5, 0.6) is 11.5 Å². The Morgan fingerprint density at radius 2 is 1.45 bits per heavy atom. The van der Waals surface area contributed by atoms with Crippen LogP contribution in [0.3, 0.4) is 0 Å². The number of esters is 1. The minimum atomic E-state index is -0.840. The van der Waals surface area contributed by atoms with Gasteiger partial charge in [0.1, 0.15) is 11.5 Å². The van der Waals surface area contributed by atoms with Crippen molar-refractivity contribution >= 4 is 12.1 Å². The summed E-state index contributed by atoms with van der Waals surface area (Å²) >= 11 is 0. The van der Waals surface area contributed by atoms with E-state index in [1.807, 2.05) is 6.07 Å². The number of benzene rings is 2. The minimum absolute atomic E-state index is 0.252. The van der Waals surface area contributed by atoms with Crippen LogP contribution in [-0.4, -0.2) is 19.2 Å². The highest BCUT2D eigenvalue weighted by Crippen LogP contribution is 2.16. The maximum absolute atomic E-state index is 11.9. The van der Waals surface area contributed by atoms with Crippen LogP contribution in [-0.2, 0) is 4.74 Å². The molecule has 2 aromatic carbocycles.